The van der Waals surface area contributed by atoms with E-state index in [1.807, 2.05) is 49.5 Å². The van der Waals surface area contributed by atoms with Crippen LogP contribution in [-0.4, -0.2) is 29.4 Å². The molecule has 0 bridgehead atoms. The molecule has 1 amide bonds. The van der Waals surface area contributed by atoms with Gasteiger partial charge in [-0.15, -0.1) is 0 Å². The maximum atomic E-state index is 12.0. The lowest BCUT2D eigenvalue weighted by Crippen LogP contribution is -2.29. The van der Waals surface area contributed by atoms with Crippen LogP contribution in [0.5, 0.6) is 0 Å². The molecule has 0 spiro atoms. The van der Waals surface area contributed by atoms with Crippen LogP contribution in [0.4, 0.5) is 0 Å². The zero-order valence-electron chi connectivity index (χ0n) is 12.3. The Hall–Kier alpha value is -2.20. The number of hydrogen-bond acceptors (Lipinski definition) is 3. The van der Waals surface area contributed by atoms with E-state index in [-0.39, 0.29) is 5.91 Å². The number of pyridine rings is 1. The summed E-state index contributed by atoms with van der Waals surface area (Å²) in [6, 6.07) is 14.0. The zero-order chi connectivity index (χ0) is 14.9. The van der Waals surface area contributed by atoms with Crippen molar-refractivity contribution >= 4 is 5.91 Å². The van der Waals surface area contributed by atoms with Crippen molar-refractivity contribution in [3.8, 4) is 0 Å². The molecular formula is C17H21N3O. The molecule has 1 N–H and O–H groups in total. The van der Waals surface area contributed by atoms with Gasteiger partial charge in [0.2, 0.25) is 5.91 Å². The molecule has 4 nitrogen and oxygen atoms in total. The van der Waals surface area contributed by atoms with Gasteiger partial charge in [-0.25, -0.2) is 0 Å². The van der Waals surface area contributed by atoms with Crippen molar-refractivity contribution in [1.29, 1.82) is 0 Å². The zero-order valence-corrected chi connectivity index (χ0v) is 12.3. The van der Waals surface area contributed by atoms with E-state index in [1.165, 1.54) is 5.56 Å². The Balaban J connectivity index is 1.67. The van der Waals surface area contributed by atoms with Crippen molar-refractivity contribution in [1.82, 2.24) is 15.2 Å². The molecule has 0 fully saturated rings. The largest absolute Gasteiger partial charge is 0.341 e. The van der Waals surface area contributed by atoms with E-state index in [0.29, 0.717) is 19.5 Å². The Morgan fingerprint density at radius 1 is 1.10 bits per heavy atom. The molecule has 0 aliphatic carbocycles. The van der Waals surface area contributed by atoms with Crippen LogP contribution in [0.3, 0.4) is 0 Å². The summed E-state index contributed by atoms with van der Waals surface area (Å²) in [5.74, 6) is 0.154. The molecule has 0 aliphatic rings. The molecule has 21 heavy (non-hydrogen) atoms. The third-order valence-electron chi connectivity index (χ3n) is 3.28. The predicted octanol–water partition coefficient (Wildman–Crippen LogP) is 2.22. The Labute approximate surface area is 125 Å². The van der Waals surface area contributed by atoms with Crippen LogP contribution < -0.4 is 5.32 Å². The van der Waals surface area contributed by atoms with Crippen LogP contribution >= 0.6 is 0 Å². The normalized spacial score (nSPS) is 10.3. The lowest BCUT2D eigenvalue weighted by molar-refractivity contribution is -0.130. The first-order chi connectivity index (χ1) is 10.3. The Morgan fingerprint density at radius 3 is 2.52 bits per heavy atom. The minimum atomic E-state index is 0.154. The second kappa shape index (κ2) is 8.17. The summed E-state index contributed by atoms with van der Waals surface area (Å²) in [5.41, 5.74) is 2.33. The highest BCUT2D eigenvalue weighted by molar-refractivity contribution is 5.76. The molecule has 110 valence electrons. The van der Waals surface area contributed by atoms with E-state index in [0.717, 1.165) is 12.1 Å². The predicted molar refractivity (Wildman–Crippen MR) is 83.5 cm³/mol. The number of rotatable bonds is 7. The standard InChI is InChI=1S/C17H21N3O/c1-20(14-16-5-3-2-4-6-16)17(21)9-12-19-13-15-7-10-18-11-8-15/h2-8,10-11,19H,9,12-14H2,1H3. The number of hydrogen-bond donors (Lipinski definition) is 1. The van der Waals surface area contributed by atoms with Crippen molar-refractivity contribution < 1.29 is 4.79 Å². The molecule has 0 aliphatic heterocycles. The second-order valence-corrected chi connectivity index (χ2v) is 5.02. The van der Waals surface area contributed by atoms with E-state index in [1.54, 1.807) is 17.3 Å². The fourth-order valence-corrected chi connectivity index (χ4v) is 2.07. The molecule has 2 rings (SSSR count). The van der Waals surface area contributed by atoms with Gasteiger partial charge < -0.3 is 10.2 Å². The second-order valence-electron chi connectivity index (χ2n) is 5.02. The first-order valence-electron chi connectivity index (χ1n) is 7.13. The summed E-state index contributed by atoms with van der Waals surface area (Å²) in [4.78, 5) is 17.8. The average Bonchev–Trinajstić information content (AvgIpc) is 2.53. The number of carbonyl (C=O) groups is 1. The summed E-state index contributed by atoms with van der Waals surface area (Å²) in [6.45, 7) is 2.10. The van der Waals surface area contributed by atoms with Crippen molar-refractivity contribution in [2.75, 3.05) is 13.6 Å². The minimum Gasteiger partial charge on any atom is -0.341 e. The van der Waals surface area contributed by atoms with Gasteiger partial charge in [0.25, 0.3) is 0 Å². The van der Waals surface area contributed by atoms with Gasteiger partial charge in [0.15, 0.2) is 0 Å². The maximum absolute atomic E-state index is 12.0. The van der Waals surface area contributed by atoms with Crippen molar-refractivity contribution in [2.45, 2.75) is 19.5 Å². The van der Waals surface area contributed by atoms with E-state index in [4.69, 9.17) is 0 Å². The molecule has 1 aromatic heterocycles. The molecule has 0 radical (unpaired) electrons. The molecule has 0 saturated heterocycles. The number of aromatic nitrogens is 1. The van der Waals surface area contributed by atoms with Crippen LogP contribution in [0.1, 0.15) is 17.5 Å². The van der Waals surface area contributed by atoms with E-state index >= 15 is 0 Å². The van der Waals surface area contributed by atoms with Gasteiger partial charge in [-0.2, -0.15) is 0 Å². The minimum absolute atomic E-state index is 0.154. The van der Waals surface area contributed by atoms with E-state index < -0.39 is 0 Å². The third kappa shape index (κ3) is 5.36. The molecule has 1 aromatic carbocycles. The average molecular weight is 283 g/mol. The number of nitrogens with one attached hydrogen (secondary N) is 1. The third-order valence-corrected chi connectivity index (χ3v) is 3.28. The lowest BCUT2D eigenvalue weighted by Gasteiger charge is -2.17. The molecule has 4 heteroatoms. The first kappa shape index (κ1) is 15.2. The van der Waals surface area contributed by atoms with Gasteiger partial charge in [0, 0.05) is 45.5 Å². The number of amides is 1. The van der Waals surface area contributed by atoms with Crippen LogP contribution in [0.15, 0.2) is 54.9 Å². The topological polar surface area (TPSA) is 45.2 Å². The Kier molecular flexibility index (Phi) is 5.91. The van der Waals surface area contributed by atoms with Crippen LogP contribution in [-0.2, 0) is 17.9 Å². The van der Waals surface area contributed by atoms with Gasteiger partial charge in [-0.05, 0) is 23.3 Å². The molecule has 0 saturated carbocycles. The number of nitrogens with zero attached hydrogens (tertiary/aromatic N) is 2. The highest BCUT2D eigenvalue weighted by Crippen LogP contribution is 2.03. The van der Waals surface area contributed by atoms with Crippen LogP contribution in [0.25, 0.3) is 0 Å². The number of carbonyl (C=O) groups excluding carboxylic acids is 1. The quantitative estimate of drug-likeness (QED) is 0.793. The maximum Gasteiger partial charge on any atom is 0.223 e. The molecular weight excluding hydrogens is 262 g/mol. The van der Waals surface area contributed by atoms with Gasteiger partial charge in [-0.3, -0.25) is 9.78 Å². The van der Waals surface area contributed by atoms with Gasteiger partial charge in [0.05, 0.1) is 0 Å². The Bertz CT molecular complexity index is 542. The van der Waals surface area contributed by atoms with E-state index in [9.17, 15) is 4.79 Å². The fourth-order valence-electron chi connectivity index (χ4n) is 2.07. The summed E-state index contributed by atoms with van der Waals surface area (Å²) in [6.07, 6.45) is 4.06. The summed E-state index contributed by atoms with van der Waals surface area (Å²) in [5, 5.41) is 3.28. The van der Waals surface area contributed by atoms with Crippen molar-refractivity contribution in [3.05, 3.63) is 66.0 Å². The summed E-state index contributed by atoms with van der Waals surface area (Å²) < 4.78 is 0. The fraction of sp³-hybridized carbons (Fsp3) is 0.294. The molecule has 0 atom stereocenters. The van der Waals surface area contributed by atoms with E-state index in [2.05, 4.69) is 10.3 Å². The van der Waals surface area contributed by atoms with Crippen molar-refractivity contribution in [3.63, 3.8) is 0 Å². The first-order valence-corrected chi connectivity index (χ1v) is 7.13. The van der Waals surface area contributed by atoms with Crippen LogP contribution in [0, 0.1) is 0 Å². The van der Waals surface area contributed by atoms with Crippen molar-refractivity contribution in [2.24, 2.45) is 0 Å². The van der Waals surface area contributed by atoms with Crippen LogP contribution in [0.2, 0.25) is 0 Å². The molecule has 0 unspecified atom stereocenters. The van der Waals surface area contributed by atoms with Gasteiger partial charge >= 0.3 is 0 Å². The lowest BCUT2D eigenvalue weighted by atomic mass is 10.2. The Morgan fingerprint density at radius 2 is 1.81 bits per heavy atom. The highest BCUT2D eigenvalue weighted by Gasteiger charge is 2.08. The van der Waals surface area contributed by atoms with Gasteiger partial charge in [-0.1, -0.05) is 30.3 Å². The smallest absolute Gasteiger partial charge is 0.223 e. The summed E-state index contributed by atoms with van der Waals surface area (Å²) in [7, 11) is 1.85. The SMILES string of the molecule is CN(Cc1ccccc1)C(=O)CCNCc1ccncc1. The number of benzene rings is 1. The van der Waals surface area contributed by atoms with Gasteiger partial charge in [0.1, 0.15) is 0 Å². The molecule has 2 aromatic rings. The monoisotopic (exact) mass is 283 g/mol. The summed E-state index contributed by atoms with van der Waals surface area (Å²) >= 11 is 0. The molecule has 1 heterocycles. The highest BCUT2D eigenvalue weighted by atomic mass is 16.2.